The predicted octanol–water partition coefficient (Wildman–Crippen LogP) is 3.40. The molecule has 1 saturated heterocycles. The Labute approximate surface area is 161 Å². The number of aromatic nitrogens is 2. The van der Waals surface area contributed by atoms with E-state index >= 15 is 0 Å². The average molecular weight is 370 g/mol. The number of nitrogens with one attached hydrogen (secondary N) is 1. The first kappa shape index (κ1) is 19.5. The van der Waals surface area contributed by atoms with Gasteiger partial charge in [0.25, 0.3) is 5.91 Å². The van der Waals surface area contributed by atoms with Crippen LogP contribution in [0.4, 0.5) is 0 Å². The Balaban J connectivity index is 1.70. The normalized spacial score (nSPS) is 17.3. The molecule has 1 fully saturated rings. The third-order valence-electron chi connectivity index (χ3n) is 5.00. The molecule has 1 N–H and O–H groups in total. The SMILES string of the molecule is CCN(Cc1noc(CC(C)C)n1)C(=O)c1cccc([C@H]2CCCNC2)c1. The lowest BCUT2D eigenvalue weighted by atomic mass is 9.90. The zero-order chi connectivity index (χ0) is 19.2. The highest BCUT2D eigenvalue weighted by molar-refractivity contribution is 5.94. The minimum absolute atomic E-state index is 0.0123. The summed E-state index contributed by atoms with van der Waals surface area (Å²) < 4.78 is 5.30. The van der Waals surface area contributed by atoms with Crippen LogP contribution in [-0.2, 0) is 13.0 Å². The summed E-state index contributed by atoms with van der Waals surface area (Å²) in [5.74, 6) is 2.15. The van der Waals surface area contributed by atoms with E-state index in [2.05, 4.69) is 35.4 Å². The molecule has 6 nitrogen and oxygen atoms in total. The van der Waals surface area contributed by atoms with Crippen molar-refractivity contribution in [2.75, 3.05) is 19.6 Å². The Bertz CT molecular complexity index is 750. The molecule has 1 atom stereocenters. The lowest BCUT2D eigenvalue weighted by Gasteiger charge is -2.24. The van der Waals surface area contributed by atoms with Gasteiger partial charge in [0.1, 0.15) is 0 Å². The maximum atomic E-state index is 13.0. The highest BCUT2D eigenvalue weighted by atomic mass is 16.5. The monoisotopic (exact) mass is 370 g/mol. The number of nitrogens with zero attached hydrogens (tertiary/aromatic N) is 3. The molecule has 0 radical (unpaired) electrons. The van der Waals surface area contributed by atoms with E-state index in [1.165, 1.54) is 18.4 Å². The van der Waals surface area contributed by atoms with Gasteiger partial charge in [-0.1, -0.05) is 31.1 Å². The summed E-state index contributed by atoms with van der Waals surface area (Å²) >= 11 is 0. The maximum absolute atomic E-state index is 13.0. The molecule has 3 rings (SSSR count). The quantitative estimate of drug-likeness (QED) is 0.809. The van der Waals surface area contributed by atoms with Gasteiger partial charge in [0.15, 0.2) is 5.82 Å². The van der Waals surface area contributed by atoms with Crippen molar-refractivity contribution >= 4 is 5.91 Å². The van der Waals surface area contributed by atoms with E-state index in [0.717, 1.165) is 25.1 Å². The van der Waals surface area contributed by atoms with Gasteiger partial charge in [-0.3, -0.25) is 4.79 Å². The lowest BCUT2D eigenvalue weighted by molar-refractivity contribution is 0.0747. The highest BCUT2D eigenvalue weighted by Gasteiger charge is 2.20. The number of benzene rings is 1. The van der Waals surface area contributed by atoms with Gasteiger partial charge >= 0.3 is 0 Å². The summed E-state index contributed by atoms with van der Waals surface area (Å²) in [7, 11) is 0. The largest absolute Gasteiger partial charge is 0.339 e. The average Bonchev–Trinajstić information content (AvgIpc) is 3.12. The molecule has 6 heteroatoms. The van der Waals surface area contributed by atoms with Crippen LogP contribution in [0, 0.1) is 5.92 Å². The van der Waals surface area contributed by atoms with E-state index in [0.29, 0.717) is 36.6 Å². The summed E-state index contributed by atoms with van der Waals surface area (Å²) in [6.45, 7) is 9.23. The van der Waals surface area contributed by atoms with Crippen molar-refractivity contribution in [3.63, 3.8) is 0 Å². The maximum Gasteiger partial charge on any atom is 0.254 e. The van der Waals surface area contributed by atoms with Gasteiger partial charge in [-0.05, 0) is 55.8 Å². The van der Waals surface area contributed by atoms with E-state index < -0.39 is 0 Å². The smallest absolute Gasteiger partial charge is 0.254 e. The molecule has 1 amide bonds. The summed E-state index contributed by atoms with van der Waals surface area (Å²) in [5, 5.41) is 7.48. The van der Waals surface area contributed by atoms with Crippen LogP contribution in [0.1, 0.15) is 67.2 Å². The van der Waals surface area contributed by atoms with E-state index in [4.69, 9.17) is 4.52 Å². The molecule has 2 aromatic rings. The number of carbonyl (C=O) groups is 1. The molecule has 27 heavy (non-hydrogen) atoms. The fourth-order valence-electron chi connectivity index (χ4n) is 3.53. The molecule has 1 aromatic heterocycles. The Hall–Kier alpha value is -2.21. The standard InChI is InChI=1S/C21H30N4O2/c1-4-25(14-19-23-20(27-24-19)11-15(2)3)21(26)17-8-5-7-16(12-17)18-9-6-10-22-13-18/h5,7-8,12,15,18,22H,4,6,9-11,13-14H2,1-3H3/t18-/m0/s1. The van der Waals surface area contributed by atoms with Crippen LogP contribution >= 0.6 is 0 Å². The number of hydrogen-bond acceptors (Lipinski definition) is 5. The molecule has 1 aromatic carbocycles. The summed E-state index contributed by atoms with van der Waals surface area (Å²) in [6, 6.07) is 8.05. The van der Waals surface area contributed by atoms with Gasteiger partial charge in [-0.2, -0.15) is 4.98 Å². The topological polar surface area (TPSA) is 71.3 Å². The minimum atomic E-state index is 0.0123. The first-order valence-corrected chi connectivity index (χ1v) is 9.98. The summed E-state index contributed by atoms with van der Waals surface area (Å²) in [4.78, 5) is 19.2. The molecular weight excluding hydrogens is 340 g/mol. The zero-order valence-corrected chi connectivity index (χ0v) is 16.6. The molecule has 2 heterocycles. The second-order valence-electron chi connectivity index (χ2n) is 7.69. The summed E-state index contributed by atoms with van der Waals surface area (Å²) in [5.41, 5.74) is 1.97. The van der Waals surface area contributed by atoms with Crippen LogP contribution in [0.25, 0.3) is 0 Å². The first-order chi connectivity index (χ1) is 13.1. The third-order valence-corrected chi connectivity index (χ3v) is 5.00. The fraction of sp³-hybridized carbons (Fsp3) is 0.571. The highest BCUT2D eigenvalue weighted by Crippen LogP contribution is 2.24. The van der Waals surface area contributed by atoms with E-state index in [1.807, 2.05) is 25.1 Å². The van der Waals surface area contributed by atoms with Gasteiger partial charge in [-0.15, -0.1) is 0 Å². The number of carbonyl (C=O) groups excluding carboxylic acids is 1. The van der Waals surface area contributed by atoms with Crippen molar-refractivity contribution < 1.29 is 9.32 Å². The van der Waals surface area contributed by atoms with Crippen molar-refractivity contribution in [1.82, 2.24) is 20.4 Å². The Morgan fingerprint density at radius 1 is 1.41 bits per heavy atom. The van der Waals surface area contributed by atoms with Crippen LogP contribution in [0.2, 0.25) is 0 Å². The number of piperidine rings is 1. The molecular formula is C21H30N4O2. The van der Waals surface area contributed by atoms with Gasteiger partial charge in [-0.25, -0.2) is 0 Å². The number of rotatable bonds is 7. The Morgan fingerprint density at radius 3 is 2.96 bits per heavy atom. The van der Waals surface area contributed by atoms with Gasteiger partial charge < -0.3 is 14.7 Å². The van der Waals surface area contributed by atoms with Crippen LogP contribution in [0.5, 0.6) is 0 Å². The molecule has 0 saturated carbocycles. The number of hydrogen-bond donors (Lipinski definition) is 1. The van der Waals surface area contributed by atoms with E-state index in [9.17, 15) is 4.79 Å². The molecule has 0 aliphatic carbocycles. The van der Waals surface area contributed by atoms with Crippen LogP contribution < -0.4 is 5.32 Å². The fourth-order valence-corrected chi connectivity index (χ4v) is 3.53. The van der Waals surface area contributed by atoms with Gasteiger partial charge in [0.05, 0.1) is 6.54 Å². The molecule has 1 aliphatic rings. The Kier molecular flexibility index (Phi) is 6.61. The molecule has 0 bridgehead atoms. The molecule has 146 valence electrons. The molecule has 0 spiro atoms. The second-order valence-corrected chi connectivity index (χ2v) is 7.69. The van der Waals surface area contributed by atoms with Gasteiger partial charge in [0.2, 0.25) is 5.89 Å². The van der Waals surface area contributed by atoms with E-state index in [-0.39, 0.29) is 5.91 Å². The van der Waals surface area contributed by atoms with Gasteiger partial charge in [0, 0.05) is 25.1 Å². The van der Waals surface area contributed by atoms with Crippen molar-refractivity contribution in [2.24, 2.45) is 5.92 Å². The van der Waals surface area contributed by atoms with Crippen LogP contribution in [0.3, 0.4) is 0 Å². The molecule has 0 unspecified atom stereocenters. The second kappa shape index (κ2) is 9.13. The zero-order valence-electron chi connectivity index (χ0n) is 16.6. The van der Waals surface area contributed by atoms with Crippen molar-refractivity contribution in [3.8, 4) is 0 Å². The molecule has 1 aliphatic heterocycles. The Morgan fingerprint density at radius 2 is 2.26 bits per heavy atom. The third kappa shape index (κ3) is 5.16. The lowest BCUT2D eigenvalue weighted by Crippen LogP contribution is -2.31. The van der Waals surface area contributed by atoms with E-state index in [1.54, 1.807) is 4.90 Å². The first-order valence-electron chi connectivity index (χ1n) is 9.98. The van der Waals surface area contributed by atoms with Crippen molar-refractivity contribution in [2.45, 2.75) is 52.5 Å². The predicted molar refractivity (Wildman–Crippen MR) is 105 cm³/mol. The van der Waals surface area contributed by atoms with Crippen molar-refractivity contribution in [1.29, 1.82) is 0 Å². The van der Waals surface area contributed by atoms with Crippen molar-refractivity contribution in [3.05, 3.63) is 47.1 Å². The van der Waals surface area contributed by atoms with Crippen LogP contribution in [-0.4, -0.2) is 40.6 Å². The number of amides is 1. The summed E-state index contributed by atoms with van der Waals surface area (Å²) in [6.07, 6.45) is 3.11. The van der Waals surface area contributed by atoms with Crippen LogP contribution in [0.15, 0.2) is 28.8 Å². The minimum Gasteiger partial charge on any atom is -0.339 e.